The Labute approximate surface area is 199 Å². The molecule has 0 aliphatic carbocycles. The quantitative estimate of drug-likeness (QED) is 0.343. The van der Waals surface area contributed by atoms with Crippen LogP contribution in [-0.4, -0.2) is 25.1 Å². The van der Waals surface area contributed by atoms with Crippen LogP contribution in [0.15, 0.2) is 83.1 Å². The summed E-state index contributed by atoms with van der Waals surface area (Å²) in [5, 5.41) is 4.77. The van der Waals surface area contributed by atoms with Crippen molar-refractivity contribution in [2.75, 3.05) is 10.0 Å². The van der Waals surface area contributed by atoms with Gasteiger partial charge in [-0.25, -0.2) is 17.8 Å². The summed E-state index contributed by atoms with van der Waals surface area (Å²) in [5.41, 5.74) is 2.21. The maximum atomic E-state index is 13.1. The molecule has 4 rings (SSSR count). The van der Waals surface area contributed by atoms with Gasteiger partial charge < -0.3 is 0 Å². The molecule has 1 aromatic heterocycles. The Balaban J connectivity index is 1.45. The third kappa shape index (κ3) is 5.36. The largest absolute Gasteiger partial charge is 0.298 e. The Morgan fingerprint density at radius 1 is 0.941 bits per heavy atom. The van der Waals surface area contributed by atoms with Crippen LogP contribution in [0.25, 0.3) is 11.3 Å². The molecule has 0 unspecified atom stereocenters. The van der Waals surface area contributed by atoms with Gasteiger partial charge in [-0.3, -0.25) is 19.6 Å². The van der Waals surface area contributed by atoms with Crippen molar-refractivity contribution in [1.29, 1.82) is 0 Å². The van der Waals surface area contributed by atoms with E-state index in [1.54, 1.807) is 35.7 Å². The predicted octanol–water partition coefficient (Wildman–Crippen LogP) is 5.20. The van der Waals surface area contributed by atoms with Gasteiger partial charge in [0.05, 0.1) is 10.6 Å². The van der Waals surface area contributed by atoms with Crippen molar-refractivity contribution in [3.63, 3.8) is 0 Å². The molecule has 0 bridgehead atoms. The van der Waals surface area contributed by atoms with Crippen LogP contribution in [0.5, 0.6) is 0 Å². The third-order valence-electron chi connectivity index (χ3n) is 4.81. The van der Waals surface area contributed by atoms with Crippen LogP contribution in [0, 0.1) is 5.82 Å². The second-order valence-corrected chi connectivity index (χ2v) is 9.81. The normalized spacial score (nSPS) is 11.1. The lowest BCUT2D eigenvalue weighted by molar-refractivity contribution is 0.101. The Hall–Kier alpha value is -3.89. The molecular weight excluding hydrogens is 477 g/mol. The van der Waals surface area contributed by atoms with E-state index in [0.717, 1.165) is 0 Å². The second kappa shape index (κ2) is 9.54. The first kappa shape index (κ1) is 23.3. The summed E-state index contributed by atoms with van der Waals surface area (Å²) < 4.78 is 40.9. The molecule has 2 N–H and O–H groups in total. The highest BCUT2D eigenvalue weighted by Crippen LogP contribution is 2.25. The molecule has 0 radical (unpaired) electrons. The summed E-state index contributed by atoms with van der Waals surface area (Å²) in [6.07, 6.45) is 0. The van der Waals surface area contributed by atoms with Gasteiger partial charge in [-0.1, -0.05) is 12.1 Å². The number of anilines is 2. The summed E-state index contributed by atoms with van der Waals surface area (Å²) in [5.74, 6) is -0.981. The van der Waals surface area contributed by atoms with E-state index in [9.17, 15) is 22.4 Å². The molecule has 34 heavy (non-hydrogen) atoms. The molecule has 0 aliphatic rings. The van der Waals surface area contributed by atoms with Crippen LogP contribution in [0.4, 0.5) is 15.2 Å². The topological polar surface area (TPSA) is 105 Å². The van der Waals surface area contributed by atoms with E-state index in [1.807, 2.05) is 0 Å². The summed E-state index contributed by atoms with van der Waals surface area (Å²) >= 11 is 1.22. The van der Waals surface area contributed by atoms with Gasteiger partial charge in [-0.15, -0.1) is 11.3 Å². The van der Waals surface area contributed by atoms with E-state index < -0.39 is 15.9 Å². The summed E-state index contributed by atoms with van der Waals surface area (Å²) in [4.78, 5) is 28.4. The minimum Gasteiger partial charge on any atom is -0.298 e. The van der Waals surface area contributed by atoms with Gasteiger partial charge in [-0.05, 0) is 67.6 Å². The van der Waals surface area contributed by atoms with Crippen LogP contribution in [0.3, 0.4) is 0 Å². The number of halogens is 1. The Bertz CT molecular complexity index is 1460. The number of nitrogens with zero attached hydrogens (tertiary/aromatic N) is 1. The average molecular weight is 496 g/mol. The van der Waals surface area contributed by atoms with E-state index >= 15 is 0 Å². The fourth-order valence-corrected chi connectivity index (χ4v) is 4.82. The van der Waals surface area contributed by atoms with Crippen LogP contribution < -0.4 is 10.0 Å². The van der Waals surface area contributed by atoms with E-state index in [2.05, 4.69) is 15.0 Å². The zero-order valence-corrected chi connectivity index (χ0v) is 19.4. The molecular formula is C24H18FN3O4S2. The number of sulfonamides is 1. The summed E-state index contributed by atoms with van der Waals surface area (Å²) in [6, 6.07) is 17.5. The monoisotopic (exact) mass is 495 g/mol. The molecule has 1 heterocycles. The number of benzene rings is 3. The molecule has 0 saturated heterocycles. The number of amides is 1. The maximum absolute atomic E-state index is 13.1. The molecule has 0 aliphatic heterocycles. The first-order valence-corrected chi connectivity index (χ1v) is 12.3. The van der Waals surface area contributed by atoms with Crippen LogP contribution in [0.2, 0.25) is 0 Å². The first-order chi connectivity index (χ1) is 16.2. The zero-order valence-electron chi connectivity index (χ0n) is 17.8. The van der Waals surface area contributed by atoms with E-state index in [-0.39, 0.29) is 27.7 Å². The van der Waals surface area contributed by atoms with Gasteiger partial charge in [0.25, 0.3) is 15.9 Å². The van der Waals surface area contributed by atoms with Crippen molar-refractivity contribution in [3.8, 4) is 11.3 Å². The molecule has 0 fully saturated rings. The number of nitrogens with one attached hydrogen (secondary N) is 2. The lowest BCUT2D eigenvalue weighted by Gasteiger charge is -2.09. The maximum Gasteiger partial charge on any atom is 0.261 e. The number of hydrogen-bond acceptors (Lipinski definition) is 6. The van der Waals surface area contributed by atoms with Crippen molar-refractivity contribution in [1.82, 2.24) is 4.98 Å². The fraction of sp³-hybridized carbons (Fsp3) is 0.0417. The molecule has 3 aromatic carbocycles. The van der Waals surface area contributed by atoms with Crippen molar-refractivity contribution in [2.24, 2.45) is 0 Å². The minimum absolute atomic E-state index is 0.0369. The van der Waals surface area contributed by atoms with Gasteiger partial charge in [0, 0.05) is 27.8 Å². The van der Waals surface area contributed by atoms with Crippen molar-refractivity contribution >= 4 is 43.9 Å². The third-order valence-corrected chi connectivity index (χ3v) is 6.97. The van der Waals surface area contributed by atoms with Gasteiger partial charge in [0.1, 0.15) is 5.82 Å². The molecule has 0 spiro atoms. The molecule has 172 valence electrons. The standard InChI is InChI=1S/C24H18FN3O4S2/c1-15(29)18-3-2-4-20(13-18)28-34(31,32)21-11-7-17(8-12-21)23(30)27-24-26-22(14-33-24)16-5-9-19(25)10-6-16/h2-14,28H,1H3,(H,26,27,30). The zero-order chi connectivity index (χ0) is 24.3. The minimum atomic E-state index is -3.92. The molecule has 0 saturated carbocycles. The highest BCUT2D eigenvalue weighted by molar-refractivity contribution is 7.92. The Morgan fingerprint density at radius 3 is 2.32 bits per heavy atom. The number of carbonyl (C=O) groups is 2. The number of hydrogen-bond donors (Lipinski definition) is 2. The van der Waals surface area contributed by atoms with Crippen molar-refractivity contribution < 1.29 is 22.4 Å². The second-order valence-electron chi connectivity index (χ2n) is 7.27. The van der Waals surface area contributed by atoms with Gasteiger partial charge >= 0.3 is 0 Å². The first-order valence-electron chi connectivity index (χ1n) is 9.98. The molecule has 1 amide bonds. The Kier molecular flexibility index (Phi) is 6.53. The van der Waals surface area contributed by atoms with Gasteiger partial charge in [-0.2, -0.15) is 0 Å². The number of thiazole rings is 1. The Morgan fingerprint density at radius 2 is 1.65 bits per heavy atom. The average Bonchev–Trinajstić information content (AvgIpc) is 3.28. The molecule has 10 heteroatoms. The lowest BCUT2D eigenvalue weighted by atomic mass is 10.1. The summed E-state index contributed by atoms with van der Waals surface area (Å²) in [6.45, 7) is 1.40. The van der Waals surface area contributed by atoms with Crippen molar-refractivity contribution in [2.45, 2.75) is 11.8 Å². The number of aromatic nitrogens is 1. The van der Waals surface area contributed by atoms with E-state index in [1.165, 1.54) is 60.7 Å². The van der Waals surface area contributed by atoms with Crippen LogP contribution >= 0.6 is 11.3 Å². The predicted molar refractivity (Wildman–Crippen MR) is 129 cm³/mol. The highest BCUT2D eigenvalue weighted by Gasteiger charge is 2.17. The van der Waals surface area contributed by atoms with Gasteiger partial charge in [0.2, 0.25) is 0 Å². The van der Waals surface area contributed by atoms with E-state index in [0.29, 0.717) is 22.0 Å². The molecule has 0 atom stereocenters. The smallest absolute Gasteiger partial charge is 0.261 e. The SMILES string of the molecule is CC(=O)c1cccc(NS(=O)(=O)c2ccc(C(=O)Nc3nc(-c4ccc(F)cc4)cs3)cc2)c1. The van der Waals surface area contributed by atoms with Gasteiger partial charge in [0.15, 0.2) is 10.9 Å². The summed E-state index contributed by atoms with van der Waals surface area (Å²) in [7, 11) is -3.92. The fourth-order valence-electron chi connectivity index (χ4n) is 3.05. The van der Waals surface area contributed by atoms with Crippen LogP contribution in [0.1, 0.15) is 27.6 Å². The van der Waals surface area contributed by atoms with Crippen LogP contribution in [-0.2, 0) is 10.0 Å². The lowest BCUT2D eigenvalue weighted by Crippen LogP contribution is -2.15. The number of ketones is 1. The van der Waals surface area contributed by atoms with E-state index in [4.69, 9.17) is 0 Å². The highest BCUT2D eigenvalue weighted by atomic mass is 32.2. The number of carbonyl (C=O) groups excluding carboxylic acids is 2. The van der Waals surface area contributed by atoms with Crippen molar-refractivity contribution in [3.05, 3.63) is 95.1 Å². The number of Topliss-reactive ketones (excluding diaryl/α,β-unsaturated/α-hetero) is 1. The molecule has 4 aromatic rings. The number of rotatable bonds is 7. The molecule has 7 nitrogen and oxygen atoms in total.